The van der Waals surface area contributed by atoms with E-state index in [-0.39, 0.29) is 12.3 Å². The van der Waals surface area contributed by atoms with Crippen molar-refractivity contribution >= 4 is 5.91 Å². The van der Waals surface area contributed by atoms with Crippen molar-refractivity contribution in [1.82, 2.24) is 4.98 Å². The Morgan fingerprint density at radius 3 is 2.92 bits per heavy atom. The quantitative estimate of drug-likeness (QED) is 0.704. The van der Waals surface area contributed by atoms with Crippen LogP contribution in [0.2, 0.25) is 0 Å². The number of carbonyl (C=O) groups is 1. The minimum atomic E-state index is -0.598. The summed E-state index contributed by atoms with van der Waals surface area (Å²) >= 11 is 0. The van der Waals surface area contributed by atoms with Crippen molar-refractivity contribution in [2.24, 2.45) is 5.73 Å². The lowest BCUT2D eigenvalue weighted by atomic mass is 10.3. The molecule has 0 unspecified atom stereocenters. The van der Waals surface area contributed by atoms with E-state index in [0.29, 0.717) is 11.7 Å². The molecule has 0 aromatic carbocycles. The predicted octanol–water partition coefficient (Wildman–Crippen LogP) is 0.228. The smallest absolute Gasteiger partial charge is 0.271 e. The van der Waals surface area contributed by atoms with Gasteiger partial charge in [0.1, 0.15) is 6.61 Å². The van der Waals surface area contributed by atoms with Crippen LogP contribution in [0.3, 0.4) is 0 Å². The Hall–Kier alpha value is -1.36. The van der Waals surface area contributed by atoms with Crippen LogP contribution in [0.4, 0.5) is 0 Å². The molecule has 1 heterocycles. The molecule has 0 spiro atoms. The van der Waals surface area contributed by atoms with Crippen LogP contribution in [0, 0.1) is 6.92 Å². The number of aryl methyl sites for hydroxylation is 1. The molecule has 2 N–H and O–H groups in total. The summed E-state index contributed by atoms with van der Waals surface area (Å²) in [6, 6.07) is 0. The molecule has 0 radical (unpaired) electrons. The van der Waals surface area contributed by atoms with Crippen LogP contribution < -0.4 is 5.73 Å². The second kappa shape index (κ2) is 3.36. The Morgan fingerprint density at radius 2 is 2.42 bits per heavy atom. The summed E-state index contributed by atoms with van der Waals surface area (Å²) in [5.74, 6) is 0.192. The molecular formula is C7H10N2O3. The monoisotopic (exact) mass is 170 g/mol. The third-order valence-corrected chi connectivity index (χ3v) is 1.31. The molecule has 12 heavy (non-hydrogen) atoms. The number of primary amides is 1. The minimum absolute atomic E-state index is 0.148. The number of rotatable bonds is 3. The lowest BCUT2D eigenvalue weighted by Gasteiger charge is -1.93. The molecule has 1 aromatic heterocycles. The van der Waals surface area contributed by atoms with Crippen molar-refractivity contribution in [3.8, 4) is 0 Å². The van der Waals surface area contributed by atoms with Crippen LogP contribution in [0.5, 0.6) is 0 Å². The van der Waals surface area contributed by atoms with Gasteiger partial charge >= 0.3 is 0 Å². The first-order valence-corrected chi connectivity index (χ1v) is 3.40. The fraction of sp³-hybridized carbons (Fsp3) is 0.429. The normalized spacial score (nSPS) is 10.2. The largest absolute Gasteiger partial charge is 0.443 e. The molecule has 5 heteroatoms. The third-order valence-electron chi connectivity index (χ3n) is 1.31. The van der Waals surface area contributed by atoms with E-state index in [0.717, 1.165) is 0 Å². The van der Waals surface area contributed by atoms with Gasteiger partial charge in [0, 0.05) is 14.0 Å². The van der Waals surface area contributed by atoms with Gasteiger partial charge < -0.3 is 14.9 Å². The first-order chi connectivity index (χ1) is 5.65. The molecule has 1 aromatic rings. The highest BCUT2D eigenvalue weighted by Gasteiger charge is 2.14. The molecule has 0 saturated carbocycles. The summed E-state index contributed by atoms with van der Waals surface area (Å²) in [7, 11) is 1.50. The Labute approximate surface area is 69.5 Å². The molecule has 66 valence electrons. The molecule has 5 nitrogen and oxygen atoms in total. The van der Waals surface area contributed by atoms with Crippen molar-refractivity contribution in [2.45, 2.75) is 13.5 Å². The van der Waals surface area contributed by atoms with E-state index in [2.05, 4.69) is 4.98 Å². The highest BCUT2D eigenvalue weighted by atomic mass is 16.5. The molecular weight excluding hydrogens is 160 g/mol. The van der Waals surface area contributed by atoms with Gasteiger partial charge in [0.15, 0.2) is 17.3 Å². The van der Waals surface area contributed by atoms with Crippen LogP contribution in [-0.4, -0.2) is 18.0 Å². The number of oxazole rings is 1. The first-order valence-electron chi connectivity index (χ1n) is 3.40. The molecule has 0 fully saturated rings. The van der Waals surface area contributed by atoms with Crippen LogP contribution >= 0.6 is 0 Å². The minimum Gasteiger partial charge on any atom is -0.443 e. The van der Waals surface area contributed by atoms with E-state index in [4.69, 9.17) is 14.9 Å². The molecule has 1 amide bonds. The van der Waals surface area contributed by atoms with E-state index in [9.17, 15) is 4.79 Å². The van der Waals surface area contributed by atoms with Crippen LogP contribution in [0.15, 0.2) is 4.42 Å². The summed E-state index contributed by atoms with van der Waals surface area (Å²) in [4.78, 5) is 14.6. The number of nitrogens with two attached hydrogens (primary N) is 1. The summed E-state index contributed by atoms with van der Waals surface area (Å²) in [5, 5.41) is 0. The van der Waals surface area contributed by atoms with Crippen molar-refractivity contribution in [1.29, 1.82) is 0 Å². The second-order valence-corrected chi connectivity index (χ2v) is 2.30. The fourth-order valence-electron chi connectivity index (χ4n) is 0.891. The maximum Gasteiger partial charge on any atom is 0.271 e. The number of ether oxygens (including phenoxy) is 1. The van der Waals surface area contributed by atoms with Gasteiger partial charge in [-0.15, -0.1) is 0 Å². The van der Waals surface area contributed by atoms with Gasteiger partial charge in [0.25, 0.3) is 5.91 Å². The molecule has 1 rings (SSSR count). The molecule has 0 aliphatic heterocycles. The Kier molecular flexibility index (Phi) is 2.44. The van der Waals surface area contributed by atoms with Gasteiger partial charge in [-0.2, -0.15) is 0 Å². The van der Waals surface area contributed by atoms with Crippen LogP contribution in [0.25, 0.3) is 0 Å². The summed E-state index contributed by atoms with van der Waals surface area (Å²) in [5.41, 5.74) is 5.19. The number of amides is 1. The lowest BCUT2D eigenvalue weighted by Crippen LogP contribution is -2.13. The second-order valence-electron chi connectivity index (χ2n) is 2.30. The number of hydrogen-bond donors (Lipinski definition) is 1. The van der Waals surface area contributed by atoms with Crippen molar-refractivity contribution < 1.29 is 13.9 Å². The maximum absolute atomic E-state index is 10.8. The number of nitrogens with zero attached hydrogens (tertiary/aromatic N) is 1. The Bertz CT molecular complexity index is 293. The van der Waals surface area contributed by atoms with E-state index in [1.807, 2.05) is 0 Å². The summed E-state index contributed by atoms with van der Waals surface area (Å²) in [6.07, 6.45) is 0. The van der Waals surface area contributed by atoms with Crippen molar-refractivity contribution in [3.63, 3.8) is 0 Å². The highest BCUT2D eigenvalue weighted by Crippen LogP contribution is 2.10. The average molecular weight is 170 g/mol. The summed E-state index contributed by atoms with van der Waals surface area (Å²) < 4.78 is 9.87. The molecule has 0 atom stereocenters. The number of methoxy groups -OCH3 is 1. The van der Waals surface area contributed by atoms with E-state index in [1.54, 1.807) is 6.92 Å². The van der Waals surface area contributed by atoms with Crippen LogP contribution in [-0.2, 0) is 11.3 Å². The Balaban J connectivity index is 2.99. The third kappa shape index (κ3) is 1.62. The van der Waals surface area contributed by atoms with Gasteiger partial charge in [0.05, 0.1) is 0 Å². The lowest BCUT2D eigenvalue weighted by molar-refractivity contribution is 0.0987. The first kappa shape index (κ1) is 8.73. The van der Waals surface area contributed by atoms with Crippen LogP contribution in [0.1, 0.15) is 22.1 Å². The SMILES string of the molecule is COCc1oc(C)nc1C(N)=O. The highest BCUT2D eigenvalue weighted by molar-refractivity contribution is 5.91. The molecule has 0 aliphatic rings. The van der Waals surface area contributed by atoms with E-state index < -0.39 is 5.91 Å². The van der Waals surface area contributed by atoms with E-state index in [1.165, 1.54) is 7.11 Å². The zero-order valence-electron chi connectivity index (χ0n) is 6.96. The number of carbonyl (C=O) groups excluding carboxylic acids is 1. The van der Waals surface area contributed by atoms with Gasteiger partial charge in [-0.3, -0.25) is 4.79 Å². The van der Waals surface area contributed by atoms with Gasteiger partial charge in [-0.05, 0) is 0 Å². The van der Waals surface area contributed by atoms with Crippen molar-refractivity contribution in [2.75, 3.05) is 7.11 Å². The van der Waals surface area contributed by atoms with E-state index >= 15 is 0 Å². The van der Waals surface area contributed by atoms with Gasteiger partial charge in [-0.1, -0.05) is 0 Å². The predicted molar refractivity (Wildman–Crippen MR) is 40.5 cm³/mol. The molecule has 0 saturated heterocycles. The summed E-state index contributed by atoms with van der Waals surface area (Å²) in [6.45, 7) is 1.85. The van der Waals surface area contributed by atoms with Gasteiger partial charge in [-0.25, -0.2) is 4.98 Å². The van der Waals surface area contributed by atoms with Crippen molar-refractivity contribution in [3.05, 3.63) is 17.3 Å². The number of aromatic nitrogens is 1. The zero-order chi connectivity index (χ0) is 9.14. The fourth-order valence-corrected chi connectivity index (χ4v) is 0.891. The molecule has 0 bridgehead atoms. The zero-order valence-corrected chi connectivity index (χ0v) is 6.96. The topological polar surface area (TPSA) is 78.3 Å². The molecule has 0 aliphatic carbocycles. The number of hydrogen-bond acceptors (Lipinski definition) is 4. The average Bonchev–Trinajstić information content (AvgIpc) is 2.32. The maximum atomic E-state index is 10.8. The Morgan fingerprint density at radius 1 is 1.75 bits per heavy atom. The van der Waals surface area contributed by atoms with Gasteiger partial charge in [0.2, 0.25) is 0 Å². The standard InChI is InChI=1S/C7H10N2O3/c1-4-9-6(7(8)10)5(12-4)3-11-2/h3H2,1-2H3,(H2,8,10).